The van der Waals surface area contributed by atoms with Gasteiger partial charge in [0.05, 0.1) is 6.61 Å². The molecule has 0 atom stereocenters. The van der Waals surface area contributed by atoms with Crippen molar-refractivity contribution in [1.82, 2.24) is 10.2 Å². The zero-order chi connectivity index (χ0) is 23.8. The number of hydrogen-bond acceptors (Lipinski definition) is 4. The molecular weight excluding hydrogens is 538 g/mol. The third-order valence-corrected chi connectivity index (χ3v) is 6.72. The van der Waals surface area contributed by atoms with Crippen LogP contribution in [0.25, 0.3) is 0 Å². The van der Waals surface area contributed by atoms with Crippen LogP contribution in [0.1, 0.15) is 36.5 Å². The lowest BCUT2D eigenvalue weighted by Gasteiger charge is -2.32. The predicted octanol–water partition coefficient (Wildman–Crippen LogP) is 7.57. The van der Waals surface area contributed by atoms with Crippen LogP contribution in [0, 0.1) is 0 Å². The lowest BCUT2D eigenvalue weighted by atomic mass is 10.0. The molecule has 0 spiro atoms. The fourth-order valence-corrected chi connectivity index (χ4v) is 4.71. The maximum absolute atomic E-state index is 6.28. The molecular formula is C28H34Cl4N2O2. The summed E-state index contributed by atoms with van der Waals surface area (Å²) in [5.74, 6) is 1.47. The summed E-state index contributed by atoms with van der Waals surface area (Å²) >= 11 is 12.3. The van der Waals surface area contributed by atoms with E-state index in [0.29, 0.717) is 35.1 Å². The van der Waals surface area contributed by atoms with Gasteiger partial charge in [-0.25, -0.2) is 0 Å². The minimum absolute atomic E-state index is 0. The number of benzene rings is 3. The van der Waals surface area contributed by atoms with Crippen LogP contribution in [0.15, 0.2) is 66.7 Å². The van der Waals surface area contributed by atoms with Gasteiger partial charge in [0.2, 0.25) is 0 Å². The monoisotopic (exact) mass is 570 g/mol. The first-order valence-corrected chi connectivity index (χ1v) is 12.7. The van der Waals surface area contributed by atoms with E-state index in [1.807, 2.05) is 25.1 Å². The van der Waals surface area contributed by atoms with E-state index in [1.54, 1.807) is 6.07 Å². The Morgan fingerprint density at radius 3 is 2.31 bits per heavy atom. The molecule has 0 aliphatic carbocycles. The molecule has 1 N–H and O–H groups in total. The van der Waals surface area contributed by atoms with Gasteiger partial charge in [0.15, 0.2) is 11.5 Å². The molecule has 1 aliphatic heterocycles. The molecule has 4 rings (SSSR count). The summed E-state index contributed by atoms with van der Waals surface area (Å²) in [6.45, 7) is 7.01. The Bertz CT molecular complexity index is 1060. The van der Waals surface area contributed by atoms with Crippen molar-refractivity contribution in [2.45, 2.75) is 45.5 Å². The van der Waals surface area contributed by atoms with E-state index in [1.165, 1.54) is 11.1 Å². The van der Waals surface area contributed by atoms with Crippen LogP contribution in [0.5, 0.6) is 11.5 Å². The highest BCUT2D eigenvalue weighted by molar-refractivity contribution is 6.35. The number of rotatable bonds is 10. The number of nitrogens with one attached hydrogen (secondary N) is 1. The summed E-state index contributed by atoms with van der Waals surface area (Å²) in [7, 11) is 0. The van der Waals surface area contributed by atoms with Crippen molar-refractivity contribution in [1.29, 1.82) is 0 Å². The van der Waals surface area contributed by atoms with E-state index in [2.05, 4.69) is 52.7 Å². The molecule has 0 radical (unpaired) electrons. The summed E-state index contributed by atoms with van der Waals surface area (Å²) in [4.78, 5) is 2.54. The molecule has 196 valence electrons. The summed E-state index contributed by atoms with van der Waals surface area (Å²) in [5, 5.41) is 4.94. The van der Waals surface area contributed by atoms with Gasteiger partial charge in [-0.1, -0.05) is 65.7 Å². The van der Waals surface area contributed by atoms with E-state index in [0.717, 1.165) is 50.3 Å². The zero-order valence-corrected chi connectivity index (χ0v) is 23.6. The van der Waals surface area contributed by atoms with Gasteiger partial charge >= 0.3 is 0 Å². The second-order valence-electron chi connectivity index (χ2n) is 8.66. The first-order chi connectivity index (χ1) is 16.6. The molecule has 36 heavy (non-hydrogen) atoms. The summed E-state index contributed by atoms with van der Waals surface area (Å²) in [5.41, 5.74) is 3.46. The molecule has 1 heterocycles. The van der Waals surface area contributed by atoms with Crippen LogP contribution in [0.2, 0.25) is 10.0 Å². The van der Waals surface area contributed by atoms with Crippen molar-refractivity contribution in [3.8, 4) is 11.5 Å². The van der Waals surface area contributed by atoms with Crippen molar-refractivity contribution in [2.24, 2.45) is 0 Å². The van der Waals surface area contributed by atoms with Gasteiger partial charge in [-0.05, 0) is 68.2 Å². The molecule has 0 bridgehead atoms. The van der Waals surface area contributed by atoms with Crippen molar-refractivity contribution in [3.05, 3.63) is 93.5 Å². The molecule has 1 fully saturated rings. The minimum Gasteiger partial charge on any atom is -0.490 e. The highest BCUT2D eigenvalue weighted by Crippen LogP contribution is 2.31. The highest BCUT2D eigenvalue weighted by Gasteiger charge is 2.19. The van der Waals surface area contributed by atoms with Gasteiger partial charge in [0.1, 0.15) is 6.61 Å². The number of ether oxygens (including phenoxy) is 2. The van der Waals surface area contributed by atoms with Gasteiger partial charge in [-0.3, -0.25) is 4.90 Å². The molecule has 0 unspecified atom stereocenters. The minimum atomic E-state index is 0. The van der Waals surface area contributed by atoms with Crippen LogP contribution < -0.4 is 14.8 Å². The average Bonchev–Trinajstić information content (AvgIpc) is 2.85. The van der Waals surface area contributed by atoms with Crippen molar-refractivity contribution in [3.63, 3.8) is 0 Å². The van der Waals surface area contributed by atoms with Crippen molar-refractivity contribution in [2.75, 3.05) is 19.7 Å². The van der Waals surface area contributed by atoms with Crippen LogP contribution in [0.3, 0.4) is 0 Å². The van der Waals surface area contributed by atoms with Crippen LogP contribution in [0.4, 0.5) is 0 Å². The maximum Gasteiger partial charge on any atom is 0.161 e. The van der Waals surface area contributed by atoms with Crippen LogP contribution in [-0.2, 0) is 19.7 Å². The fraction of sp³-hybridized carbons (Fsp3) is 0.357. The molecule has 0 aromatic heterocycles. The standard InChI is InChI=1S/C28H32Cl2N2O2.2ClH/c1-2-33-28-16-22(8-11-27(28)34-20-23-9-10-24(29)17-26(23)30)18-31-25-12-14-32(15-13-25)19-21-6-4-3-5-7-21;;/h3-11,16-17,25,31H,2,12-15,18-20H2,1H3;2*1H. The van der Waals surface area contributed by atoms with Gasteiger partial charge in [0.25, 0.3) is 0 Å². The molecule has 3 aromatic rings. The van der Waals surface area contributed by atoms with Gasteiger partial charge in [-0.2, -0.15) is 0 Å². The number of hydrogen-bond donors (Lipinski definition) is 1. The van der Waals surface area contributed by atoms with Crippen LogP contribution >= 0.6 is 48.0 Å². The number of nitrogens with zero attached hydrogens (tertiary/aromatic N) is 1. The Labute approximate surface area is 237 Å². The van der Waals surface area contributed by atoms with Gasteiger partial charge in [0, 0.05) is 34.7 Å². The third-order valence-electron chi connectivity index (χ3n) is 6.14. The molecule has 8 heteroatoms. The second kappa shape index (κ2) is 15.6. The van der Waals surface area contributed by atoms with E-state index in [4.69, 9.17) is 32.7 Å². The Balaban J connectivity index is 0.00000228. The van der Waals surface area contributed by atoms with E-state index >= 15 is 0 Å². The van der Waals surface area contributed by atoms with Crippen molar-refractivity contribution >= 4 is 48.0 Å². The van der Waals surface area contributed by atoms with Gasteiger partial charge < -0.3 is 14.8 Å². The fourth-order valence-electron chi connectivity index (χ4n) is 4.24. The Morgan fingerprint density at radius 1 is 0.861 bits per heavy atom. The maximum atomic E-state index is 6.28. The zero-order valence-electron chi connectivity index (χ0n) is 20.4. The topological polar surface area (TPSA) is 33.7 Å². The van der Waals surface area contributed by atoms with Gasteiger partial charge in [-0.15, -0.1) is 24.8 Å². The first-order valence-electron chi connectivity index (χ1n) is 11.9. The predicted molar refractivity (Wildman–Crippen MR) is 154 cm³/mol. The van der Waals surface area contributed by atoms with Crippen LogP contribution in [-0.4, -0.2) is 30.6 Å². The SMILES string of the molecule is CCOc1cc(CNC2CCN(Cc3ccccc3)CC2)ccc1OCc1ccc(Cl)cc1Cl.Cl.Cl. The first kappa shape index (κ1) is 30.6. The number of halogens is 4. The molecule has 0 amide bonds. The lowest BCUT2D eigenvalue weighted by molar-refractivity contribution is 0.190. The van der Waals surface area contributed by atoms with E-state index in [9.17, 15) is 0 Å². The van der Waals surface area contributed by atoms with E-state index < -0.39 is 0 Å². The lowest BCUT2D eigenvalue weighted by Crippen LogP contribution is -2.41. The normalized spacial score (nSPS) is 14.0. The summed E-state index contributed by atoms with van der Waals surface area (Å²) < 4.78 is 11.9. The Morgan fingerprint density at radius 2 is 1.61 bits per heavy atom. The second-order valence-corrected chi connectivity index (χ2v) is 9.50. The molecule has 0 saturated carbocycles. The molecule has 1 aliphatic rings. The highest BCUT2D eigenvalue weighted by atomic mass is 35.5. The summed E-state index contributed by atoms with van der Waals surface area (Å²) in [6, 6.07) is 22.8. The molecule has 3 aromatic carbocycles. The largest absolute Gasteiger partial charge is 0.490 e. The Hall–Kier alpha value is -1.66. The number of likely N-dealkylation sites (tertiary alicyclic amines) is 1. The third kappa shape index (κ3) is 9.02. The molecule has 4 nitrogen and oxygen atoms in total. The molecule has 1 saturated heterocycles. The average molecular weight is 572 g/mol. The quantitative estimate of drug-likeness (QED) is 0.272. The van der Waals surface area contributed by atoms with Crippen molar-refractivity contribution < 1.29 is 9.47 Å². The summed E-state index contributed by atoms with van der Waals surface area (Å²) in [6.07, 6.45) is 2.32. The van der Waals surface area contributed by atoms with E-state index in [-0.39, 0.29) is 24.8 Å². The Kier molecular flexibility index (Phi) is 13.2. The number of piperidine rings is 1. The smallest absolute Gasteiger partial charge is 0.161 e.